The van der Waals surface area contributed by atoms with Crippen LogP contribution in [0.3, 0.4) is 0 Å². The van der Waals surface area contributed by atoms with Crippen LogP contribution in [0, 0.1) is 12.3 Å². The van der Waals surface area contributed by atoms with Crippen LogP contribution in [0.1, 0.15) is 19.3 Å². The van der Waals surface area contributed by atoms with Gasteiger partial charge in [-0.3, -0.25) is 4.90 Å². The molecule has 1 rings (SSSR count). The van der Waals surface area contributed by atoms with E-state index in [1.807, 2.05) is 0 Å². The summed E-state index contributed by atoms with van der Waals surface area (Å²) >= 11 is 0. The Morgan fingerprint density at radius 1 is 1.67 bits per heavy atom. The van der Waals surface area contributed by atoms with Gasteiger partial charge in [-0.2, -0.15) is 0 Å². The SMILES string of the molecule is C#CCCCN1CCC=C(F)C1. The molecule has 1 heterocycles. The van der Waals surface area contributed by atoms with Crippen molar-refractivity contribution in [3.63, 3.8) is 0 Å². The molecule has 0 saturated heterocycles. The maximum Gasteiger partial charge on any atom is 0.110 e. The minimum absolute atomic E-state index is 0.00181. The molecule has 0 spiro atoms. The largest absolute Gasteiger partial charge is 0.296 e. The Labute approximate surface area is 73.3 Å². The number of terminal acetylenes is 1. The minimum atomic E-state index is 0.00181. The standard InChI is InChI=1S/C10H14FN/c1-2-3-4-7-12-8-5-6-10(11)9-12/h1,6H,3-5,7-9H2. The third kappa shape index (κ3) is 3.06. The van der Waals surface area contributed by atoms with Gasteiger partial charge in [0.1, 0.15) is 5.83 Å². The molecule has 0 aromatic rings. The summed E-state index contributed by atoms with van der Waals surface area (Å²) in [6.45, 7) is 2.37. The Morgan fingerprint density at radius 2 is 2.50 bits per heavy atom. The van der Waals surface area contributed by atoms with Crippen LogP contribution in [-0.2, 0) is 0 Å². The van der Waals surface area contributed by atoms with E-state index in [2.05, 4.69) is 10.8 Å². The predicted octanol–water partition coefficient (Wildman–Crippen LogP) is 1.96. The van der Waals surface area contributed by atoms with Crippen molar-refractivity contribution < 1.29 is 4.39 Å². The molecular formula is C10H14FN. The monoisotopic (exact) mass is 167 g/mol. The highest BCUT2D eigenvalue weighted by Crippen LogP contribution is 2.10. The van der Waals surface area contributed by atoms with Gasteiger partial charge < -0.3 is 0 Å². The van der Waals surface area contributed by atoms with Gasteiger partial charge in [-0.25, -0.2) is 4.39 Å². The Balaban J connectivity index is 2.18. The molecule has 0 aliphatic carbocycles. The molecule has 1 aliphatic heterocycles. The lowest BCUT2D eigenvalue weighted by Crippen LogP contribution is -2.29. The fourth-order valence-electron chi connectivity index (χ4n) is 1.36. The van der Waals surface area contributed by atoms with Crippen LogP contribution in [0.25, 0.3) is 0 Å². The molecular weight excluding hydrogens is 153 g/mol. The van der Waals surface area contributed by atoms with Crippen LogP contribution in [0.4, 0.5) is 4.39 Å². The Kier molecular flexibility index (Phi) is 3.83. The topological polar surface area (TPSA) is 3.24 Å². The number of halogens is 1. The van der Waals surface area contributed by atoms with E-state index in [0.717, 1.165) is 32.4 Å². The highest BCUT2D eigenvalue weighted by molar-refractivity contribution is 4.99. The van der Waals surface area contributed by atoms with Crippen molar-refractivity contribution in [2.45, 2.75) is 19.3 Å². The summed E-state index contributed by atoms with van der Waals surface area (Å²) < 4.78 is 12.7. The first-order valence-electron chi connectivity index (χ1n) is 4.33. The van der Waals surface area contributed by atoms with Gasteiger partial charge in [-0.1, -0.05) is 6.08 Å². The Morgan fingerprint density at radius 3 is 3.17 bits per heavy atom. The number of hydrogen-bond donors (Lipinski definition) is 0. The van der Waals surface area contributed by atoms with Crippen molar-refractivity contribution in [1.29, 1.82) is 0 Å². The van der Waals surface area contributed by atoms with Gasteiger partial charge in [0.25, 0.3) is 0 Å². The zero-order chi connectivity index (χ0) is 8.81. The third-order valence-corrected chi connectivity index (χ3v) is 1.98. The van der Waals surface area contributed by atoms with Crippen LogP contribution in [0.2, 0.25) is 0 Å². The molecule has 12 heavy (non-hydrogen) atoms. The van der Waals surface area contributed by atoms with Crippen LogP contribution in [0.15, 0.2) is 11.9 Å². The lowest BCUT2D eigenvalue weighted by atomic mass is 10.2. The second kappa shape index (κ2) is 4.95. The molecule has 0 amide bonds. The number of unbranched alkanes of at least 4 members (excludes halogenated alkanes) is 1. The smallest absolute Gasteiger partial charge is 0.110 e. The summed E-state index contributed by atoms with van der Waals surface area (Å²) in [5.41, 5.74) is 0. The summed E-state index contributed by atoms with van der Waals surface area (Å²) in [4.78, 5) is 2.10. The summed E-state index contributed by atoms with van der Waals surface area (Å²) in [5, 5.41) is 0. The summed E-state index contributed by atoms with van der Waals surface area (Å²) in [5.74, 6) is 2.59. The van der Waals surface area contributed by atoms with Gasteiger partial charge in [0, 0.05) is 19.5 Å². The van der Waals surface area contributed by atoms with E-state index >= 15 is 0 Å². The maximum absolute atomic E-state index is 12.7. The molecule has 0 aromatic heterocycles. The number of rotatable bonds is 3. The van der Waals surface area contributed by atoms with E-state index in [1.54, 1.807) is 6.08 Å². The second-order valence-corrected chi connectivity index (χ2v) is 3.02. The first-order valence-corrected chi connectivity index (χ1v) is 4.33. The van der Waals surface area contributed by atoms with Crippen LogP contribution >= 0.6 is 0 Å². The average Bonchev–Trinajstić information content (AvgIpc) is 2.05. The number of nitrogens with zero attached hydrogens (tertiary/aromatic N) is 1. The fourth-order valence-corrected chi connectivity index (χ4v) is 1.36. The van der Waals surface area contributed by atoms with Crippen LogP contribution < -0.4 is 0 Å². The molecule has 1 nitrogen and oxygen atoms in total. The fraction of sp³-hybridized carbons (Fsp3) is 0.600. The van der Waals surface area contributed by atoms with Gasteiger partial charge in [0.05, 0.1) is 0 Å². The zero-order valence-electron chi connectivity index (χ0n) is 7.22. The first kappa shape index (κ1) is 9.28. The van der Waals surface area contributed by atoms with Crippen molar-refractivity contribution in [2.75, 3.05) is 19.6 Å². The van der Waals surface area contributed by atoms with Crippen molar-refractivity contribution in [3.05, 3.63) is 11.9 Å². The first-order chi connectivity index (χ1) is 5.83. The van der Waals surface area contributed by atoms with E-state index in [1.165, 1.54) is 0 Å². The molecule has 2 heteroatoms. The van der Waals surface area contributed by atoms with E-state index in [9.17, 15) is 4.39 Å². The maximum atomic E-state index is 12.7. The molecule has 0 unspecified atom stereocenters. The van der Waals surface area contributed by atoms with Crippen LogP contribution in [-0.4, -0.2) is 24.5 Å². The van der Waals surface area contributed by atoms with Gasteiger partial charge in [-0.05, 0) is 19.4 Å². The second-order valence-electron chi connectivity index (χ2n) is 3.02. The predicted molar refractivity (Wildman–Crippen MR) is 48.3 cm³/mol. The third-order valence-electron chi connectivity index (χ3n) is 1.98. The summed E-state index contributed by atoms with van der Waals surface area (Å²) in [6, 6.07) is 0. The van der Waals surface area contributed by atoms with Gasteiger partial charge >= 0.3 is 0 Å². The molecule has 0 bridgehead atoms. The molecule has 0 aromatic carbocycles. The van der Waals surface area contributed by atoms with Crippen molar-refractivity contribution in [3.8, 4) is 12.3 Å². The molecule has 0 saturated carbocycles. The van der Waals surface area contributed by atoms with Gasteiger partial charge in [0.15, 0.2) is 0 Å². The van der Waals surface area contributed by atoms with Crippen LogP contribution in [0.5, 0.6) is 0 Å². The van der Waals surface area contributed by atoms with Crippen molar-refractivity contribution in [2.24, 2.45) is 0 Å². The summed E-state index contributed by atoms with van der Waals surface area (Å²) in [7, 11) is 0. The Bertz CT molecular complexity index is 202. The van der Waals surface area contributed by atoms with Crippen molar-refractivity contribution in [1.82, 2.24) is 4.90 Å². The lowest BCUT2D eigenvalue weighted by molar-refractivity contribution is 0.265. The highest BCUT2D eigenvalue weighted by Gasteiger charge is 2.10. The lowest BCUT2D eigenvalue weighted by Gasteiger charge is -2.23. The molecule has 0 N–H and O–H groups in total. The quantitative estimate of drug-likeness (QED) is 0.459. The zero-order valence-corrected chi connectivity index (χ0v) is 7.22. The Hall–Kier alpha value is -0.810. The van der Waals surface area contributed by atoms with E-state index < -0.39 is 0 Å². The van der Waals surface area contributed by atoms with Gasteiger partial charge in [-0.15, -0.1) is 12.3 Å². The molecule has 66 valence electrons. The van der Waals surface area contributed by atoms with E-state index in [-0.39, 0.29) is 5.83 Å². The minimum Gasteiger partial charge on any atom is -0.296 e. The molecule has 0 radical (unpaired) electrons. The highest BCUT2D eigenvalue weighted by atomic mass is 19.1. The average molecular weight is 167 g/mol. The summed E-state index contributed by atoms with van der Waals surface area (Å²) in [6.07, 6.45) is 9.39. The molecule has 0 atom stereocenters. The van der Waals surface area contributed by atoms with Crippen molar-refractivity contribution >= 4 is 0 Å². The number of hydrogen-bond acceptors (Lipinski definition) is 1. The molecule has 1 aliphatic rings. The normalized spacial score (nSPS) is 18.5. The van der Waals surface area contributed by atoms with E-state index in [0.29, 0.717) is 6.54 Å². The van der Waals surface area contributed by atoms with Gasteiger partial charge in [0.2, 0.25) is 0 Å². The molecule has 0 fully saturated rings. The van der Waals surface area contributed by atoms with E-state index in [4.69, 9.17) is 6.42 Å².